The van der Waals surface area contributed by atoms with Crippen molar-refractivity contribution >= 4 is 10.0 Å². The summed E-state index contributed by atoms with van der Waals surface area (Å²) >= 11 is 0. The Hall–Kier alpha value is -1.80. The van der Waals surface area contributed by atoms with Gasteiger partial charge in [0.25, 0.3) is 0 Å². The van der Waals surface area contributed by atoms with Crippen LogP contribution in [0.2, 0.25) is 0 Å². The molecule has 136 valence electrons. The molecule has 0 N–H and O–H groups in total. The summed E-state index contributed by atoms with van der Waals surface area (Å²) in [5, 5.41) is 3.87. The minimum absolute atomic E-state index is 0.00523. The number of aromatic nitrogens is 2. The first-order valence-corrected chi connectivity index (χ1v) is 10.2. The number of rotatable bonds is 6. The third-order valence-electron chi connectivity index (χ3n) is 4.51. The van der Waals surface area contributed by atoms with E-state index in [0.29, 0.717) is 43.8 Å². The Morgan fingerprint density at radius 2 is 2.00 bits per heavy atom. The van der Waals surface area contributed by atoms with Gasteiger partial charge in [-0.25, -0.2) is 17.1 Å². The summed E-state index contributed by atoms with van der Waals surface area (Å²) in [5.41, 5.74) is 0.303. The monoisotopic (exact) mass is 367 g/mol. The zero-order valence-corrected chi connectivity index (χ0v) is 15.0. The molecule has 1 aromatic carbocycles. The Labute approximate surface area is 147 Å². The largest absolute Gasteiger partial charge is 0.339 e. The average molecular weight is 367 g/mol. The SMILES string of the molecule is CCCCS(=O)(=O)N1CCC(c2nc(-c3ccccc3F)no2)CC1. The first kappa shape index (κ1) is 18.0. The zero-order valence-electron chi connectivity index (χ0n) is 14.2. The highest BCUT2D eigenvalue weighted by Crippen LogP contribution is 2.30. The number of sulfonamides is 1. The molecule has 0 radical (unpaired) electrons. The van der Waals surface area contributed by atoms with Gasteiger partial charge in [0, 0.05) is 19.0 Å². The highest BCUT2D eigenvalue weighted by atomic mass is 32.2. The molecule has 2 aromatic rings. The van der Waals surface area contributed by atoms with Gasteiger partial charge in [-0.15, -0.1) is 0 Å². The third kappa shape index (κ3) is 4.07. The molecule has 0 bridgehead atoms. The molecule has 1 aromatic heterocycles. The predicted molar refractivity (Wildman–Crippen MR) is 91.9 cm³/mol. The summed E-state index contributed by atoms with van der Waals surface area (Å²) < 4.78 is 45.2. The van der Waals surface area contributed by atoms with Crippen LogP contribution in [0.1, 0.15) is 44.4 Å². The average Bonchev–Trinajstić information content (AvgIpc) is 3.10. The van der Waals surface area contributed by atoms with E-state index in [1.165, 1.54) is 6.07 Å². The van der Waals surface area contributed by atoms with Gasteiger partial charge in [0.1, 0.15) is 5.82 Å². The lowest BCUT2D eigenvalue weighted by molar-refractivity contribution is 0.270. The van der Waals surface area contributed by atoms with Gasteiger partial charge in [0.15, 0.2) is 0 Å². The van der Waals surface area contributed by atoms with E-state index in [4.69, 9.17) is 4.52 Å². The fourth-order valence-electron chi connectivity index (χ4n) is 2.99. The van der Waals surface area contributed by atoms with Crippen molar-refractivity contribution in [2.24, 2.45) is 0 Å². The van der Waals surface area contributed by atoms with Crippen molar-refractivity contribution in [1.82, 2.24) is 14.4 Å². The standard InChI is InChI=1S/C17H22FN3O3S/c1-2-3-12-25(22,23)21-10-8-13(9-11-21)17-19-16(20-24-17)14-6-4-5-7-15(14)18/h4-7,13H,2-3,8-12H2,1H3. The smallest absolute Gasteiger partial charge is 0.230 e. The Kier molecular flexibility index (Phi) is 5.48. The van der Waals surface area contributed by atoms with Crippen LogP contribution in [-0.4, -0.2) is 41.7 Å². The van der Waals surface area contributed by atoms with E-state index in [1.807, 2.05) is 6.92 Å². The fourth-order valence-corrected chi connectivity index (χ4v) is 4.67. The maximum Gasteiger partial charge on any atom is 0.230 e. The topological polar surface area (TPSA) is 76.3 Å². The maximum absolute atomic E-state index is 13.8. The van der Waals surface area contributed by atoms with Crippen molar-refractivity contribution < 1.29 is 17.3 Å². The van der Waals surface area contributed by atoms with Crippen LogP contribution in [0.25, 0.3) is 11.4 Å². The molecule has 8 heteroatoms. The van der Waals surface area contributed by atoms with Crippen LogP contribution in [0.15, 0.2) is 28.8 Å². The molecule has 1 aliphatic rings. The molecule has 6 nitrogen and oxygen atoms in total. The van der Waals surface area contributed by atoms with Crippen LogP contribution in [-0.2, 0) is 10.0 Å². The molecule has 0 saturated carbocycles. The molecule has 0 amide bonds. The number of nitrogens with zero attached hydrogens (tertiary/aromatic N) is 3. The van der Waals surface area contributed by atoms with E-state index in [2.05, 4.69) is 10.1 Å². The first-order valence-electron chi connectivity index (χ1n) is 8.57. The van der Waals surface area contributed by atoms with Gasteiger partial charge in [0.2, 0.25) is 21.7 Å². The predicted octanol–water partition coefficient (Wildman–Crippen LogP) is 3.19. The second kappa shape index (κ2) is 7.61. The third-order valence-corrected chi connectivity index (χ3v) is 6.47. The Bertz CT molecular complexity index is 814. The zero-order chi connectivity index (χ0) is 17.9. The molecule has 25 heavy (non-hydrogen) atoms. The second-order valence-electron chi connectivity index (χ2n) is 6.28. The quantitative estimate of drug-likeness (QED) is 0.784. The lowest BCUT2D eigenvalue weighted by Gasteiger charge is -2.29. The lowest BCUT2D eigenvalue weighted by atomic mass is 9.98. The molecule has 0 atom stereocenters. The van der Waals surface area contributed by atoms with Crippen LogP contribution >= 0.6 is 0 Å². The van der Waals surface area contributed by atoms with Gasteiger partial charge in [-0.05, 0) is 31.4 Å². The molecule has 1 saturated heterocycles. The molecule has 1 fully saturated rings. The van der Waals surface area contributed by atoms with Gasteiger partial charge in [-0.3, -0.25) is 0 Å². The lowest BCUT2D eigenvalue weighted by Crippen LogP contribution is -2.39. The molecule has 3 rings (SSSR count). The molecule has 1 aliphatic heterocycles. The minimum atomic E-state index is -3.18. The number of piperidine rings is 1. The molecule has 2 heterocycles. The van der Waals surface area contributed by atoms with Gasteiger partial charge in [0.05, 0.1) is 11.3 Å². The summed E-state index contributed by atoms with van der Waals surface area (Å²) in [5.74, 6) is 0.485. The van der Waals surface area contributed by atoms with E-state index in [9.17, 15) is 12.8 Å². The van der Waals surface area contributed by atoms with Crippen molar-refractivity contribution in [3.8, 4) is 11.4 Å². The Balaban J connectivity index is 1.65. The van der Waals surface area contributed by atoms with Crippen LogP contribution in [0.3, 0.4) is 0 Å². The van der Waals surface area contributed by atoms with Crippen LogP contribution in [0.4, 0.5) is 4.39 Å². The van der Waals surface area contributed by atoms with Gasteiger partial charge < -0.3 is 4.52 Å². The summed E-state index contributed by atoms with van der Waals surface area (Å²) in [6, 6.07) is 6.28. The summed E-state index contributed by atoms with van der Waals surface area (Å²) in [6.45, 7) is 2.88. The van der Waals surface area contributed by atoms with Crippen LogP contribution in [0, 0.1) is 5.82 Å². The van der Waals surface area contributed by atoms with Crippen LogP contribution in [0.5, 0.6) is 0 Å². The molecule has 0 aliphatic carbocycles. The van der Waals surface area contributed by atoms with Crippen LogP contribution < -0.4 is 0 Å². The molecule has 0 spiro atoms. The first-order chi connectivity index (χ1) is 12.0. The van der Waals surface area contributed by atoms with E-state index in [-0.39, 0.29) is 17.5 Å². The maximum atomic E-state index is 13.8. The number of benzene rings is 1. The minimum Gasteiger partial charge on any atom is -0.339 e. The molecular formula is C17H22FN3O3S. The Morgan fingerprint density at radius 3 is 2.68 bits per heavy atom. The molecular weight excluding hydrogens is 345 g/mol. The van der Waals surface area contributed by atoms with Crippen molar-refractivity contribution in [3.05, 3.63) is 36.0 Å². The van der Waals surface area contributed by atoms with Gasteiger partial charge >= 0.3 is 0 Å². The number of hydrogen-bond donors (Lipinski definition) is 0. The van der Waals surface area contributed by atoms with Gasteiger partial charge in [-0.1, -0.05) is 30.6 Å². The summed E-state index contributed by atoms with van der Waals surface area (Å²) in [6.07, 6.45) is 2.79. The Morgan fingerprint density at radius 1 is 1.28 bits per heavy atom. The van der Waals surface area contributed by atoms with E-state index >= 15 is 0 Å². The van der Waals surface area contributed by atoms with E-state index < -0.39 is 15.8 Å². The van der Waals surface area contributed by atoms with E-state index in [0.717, 1.165) is 6.42 Å². The number of hydrogen-bond acceptors (Lipinski definition) is 5. The van der Waals surface area contributed by atoms with Gasteiger partial charge in [-0.2, -0.15) is 4.98 Å². The van der Waals surface area contributed by atoms with Crippen molar-refractivity contribution in [1.29, 1.82) is 0 Å². The second-order valence-corrected chi connectivity index (χ2v) is 8.37. The molecule has 0 unspecified atom stereocenters. The highest BCUT2D eigenvalue weighted by molar-refractivity contribution is 7.89. The fraction of sp³-hybridized carbons (Fsp3) is 0.529. The van der Waals surface area contributed by atoms with Crippen molar-refractivity contribution in [3.63, 3.8) is 0 Å². The number of unbranched alkanes of at least 4 members (excludes halogenated alkanes) is 1. The summed E-state index contributed by atoms with van der Waals surface area (Å²) in [7, 11) is -3.18. The normalized spacial score (nSPS) is 17.0. The van der Waals surface area contributed by atoms with Crippen molar-refractivity contribution in [2.75, 3.05) is 18.8 Å². The van der Waals surface area contributed by atoms with Crippen molar-refractivity contribution in [2.45, 2.75) is 38.5 Å². The highest BCUT2D eigenvalue weighted by Gasteiger charge is 2.31. The number of halogens is 1. The van der Waals surface area contributed by atoms with E-state index in [1.54, 1.807) is 22.5 Å². The summed E-state index contributed by atoms with van der Waals surface area (Å²) in [4.78, 5) is 4.32.